The second-order valence-corrected chi connectivity index (χ2v) is 6.39. The third kappa shape index (κ3) is 3.61. The van der Waals surface area contributed by atoms with Crippen molar-refractivity contribution in [3.63, 3.8) is 0 Å². The minimum Gasteiger partial charge on any atom is -0.446 e. The van der Waals surface area contributed by atoms with E-state index in [0.717, 1.165) is 12.2 Å². The Labute approximate surface area is 121 Å². The van der Waals surface area contributed by atoms with E-state index in [1.807, 2.05) is 0 Å². The van der Waals surface area contributed by atoms with Gasteiger partial charge >= 0.3 is 0 Å². The molecule has 20 heavy (non-hydrogen) atoms. The van der Waals surface area contributed by atoms with Gasteiger partial charge in [0.1, 0.15) is 6.26 Å². The number of hydrogen-bond acceptors (Lipinski definition) is 6. The zero-order chi connectivity index (χ0) is 14.7. The molecule has 2 heterocycles. The second kappa shape index (κ2) is 6.41. The monoisotopic (exact) mass is 297 g/mol. The average molecular weight is 297 g/mol. The Morgan fingerprint density at radius 2 is 2.40 bits per heavy atom. The first kappa shape index (κ1) is 15.1. The van der Waals surface area contributed by atoms with Gasteiger partial charge in [0.2, 0.25) is 11.0 Å². The van der Waals surface area contributed by atoms with Gasteiger partial charge in [-0.25, -0.2) is 4.98 Å². The number of hydrogen-bond donors (Lipinski definition) is 2. The topological polar surface area (TPSA) is 98.2 Å². The van der Waals surface area contributed by atoms with Crippen LogP contribution in [0.4, 0.5) is 0 Å². The first-order valence-corrected chi connectivity index (χ1v) is 7.64. The summed E-state index contributed by atoms with van der Waals surface area (Å²) >= 11 is 1.24. The van der Waals surface area contributed by atoms with Crippen LogP contribution in [0, 0.1) is 5.92 Å². The number of rotatable bonds is 5. The van der Waals surface area contributed by atoms with Gasteiger partial charge in [0, 0.05) is 5.75 Å². The molecule has 110 valence electrons. The second-order valence-electron chi connectivity index (χ2n) is 5.29. The molecule has 1 aromatic rings. The van der Waals surface area contributed by atoms with Gasteiger partial charge in [-0.15, -0.1) is 0 Å². The van der Waals surface area contributed by atoms with Crippen molar-refractivity contribution in [2.75, 3.05) is 5.75 Å². The molecule has 1 aromatic heterocycles. The summed E-state index contributed by atoms with van der Waals surface area (Å²) in [7, 11) is 0. The number of amides is 1. The van der Waals surface area contributed by atoms with Crippen LogP contribution >= 0.6 is 11.8 Å². The summed E-state index contributed by atoms with van der Waals surface area (Å²) in [6.45, 7) is 4.11. The molecule has 2 atom stereocenters. The summed E-state index contributed by atoms with van der Waals surface area (Å²) in [5, 5.41) is 2.66. The van der Waals surface area contributed by atoms with Gasteiger partial charge in [-0.1, -0.05) is 25.6 Å². The summed E-state index contributed by atoms with van der Waals surface area (Å²) in [6.07, 6.45) is 2.68. The number of carbonyl (C=O) groups excluding carboxylic acids is 2. The predicted octanol–water partition coefficient (Wildman–Crippen LogP) is 1.48. The highest BCUT2D eigenvalue weighted by atomic mass is 32.2. The lowest BCUT2D eigenvalue weighted by atomic mass is 10.0. The molecule has 2 rings (SSSR count). The van der Waals surface area contributed by atoms with Gasteiger partial charge in [-0.05, 0) is 18.8 Å². The van der Waals surface area contributed by atoms with Gasteiger partial charge in [0.05, 0.1) is 12.1 Å². The number of carbonyl (C=O) groups is 2. The minimum absolute atomic E-state index is 0.00132. The average Bonchev–Trinajstić information content (AvgIpc) is 2.98. The largest absolute Gasteiger partial charge is 0.446 e. The third-order valence-corrected chi connectivity index (χ3v) is 4.05. The van der Waals surface area contributed by atoms with Crippen LogP contribution in [0.25, 0.3) is 0 Å². The van der Waals surface area contributed by atoms with E-state index in [1.165, 1.54) is 18.0 Å². The predicted molar refractivity (Wildman–Crippen MR) is 76.2 cm³/mol. The maximum Gasteiger partial charge on any atom is 0.273 e. The summed E-state index contributed by atoms with van der Waals surface area (Å²) in [5.41, 5.74) is 6.12. The lowest BCUT2D eigenvalue weighted by Gasteiger charge is -2.09. The van der Waals surface area contributed by atoms with E-state index in [-0.39, 0.29) is 16.9 Å². The van der Waals surface area contributed by atoms with E-state index < -0.39 is 11.9 Å². The molecule has 7 heteroatoms. The standard InChI is InChI=1S/C13H19N3O3S/c1-7(2)5-8(14)12-16-10(6-19-12)11(17)15-9-3-4-20-13(9)18/h6-9H,3-5,14H2,1-2H3,(H,15,17). The van der Waals surface area contributed by atoms with Crippen molar-refractivity contribution in [2.45, 2.75) is 38.8 Å². The van der Waals surface area contributed by atoms with Gasteiger partial charge in [-0.3, -0.25) is 9.59 Å². The Morgan fingerprint density at radius 3 is 3.00 bits per heavy atom. The molecule has 6 nitrogen and oxygen atoms in total. The molecular formula is C13H19N3O3S. The van der Waals surface area contributed by atoms with E-state index in [4.69, 9.17) is 10.2 Å². The molecule has 0 aromatic carbocycles. The van der Waals surface area contributed by atoms with Gasteiger partial charge in [0.25, 0.3) is 5.91 Å². The highest BCUT2D eigenvalue weighted by Gasteiger charge is 2.28. The highest BCUT2D eigenvalue weighted by molar-refractivity contribution is 8.14. The molecule has 0 bridgehead atoms. The van der Waals surface area contributed by atoms with Crippen molar-refractivity contribution in [3.8, 4) is 0 Å². The van der Waals surface area contributed by atoms with E-state index >= 15 is 0 Å². The molecule has 0 aliphatic carbocycles. The van der Waals surface area contributed by atoms with Crippen LogP contribution in [0.3, 0.4) is 0 Å². The van der Waals surface area contributed by atoms with Crippen LogP contribution in [0.15, 0.2) is 10.7 Å². The molecule has 1 amide bonds. The number of nitrogens with two attached hydrogens (primary N) is 1. The van der Waals surface area contributed by atoms with Crippen molar-refractivity contribution >= 4 is 22.8 Å². The number of thioether (sulfide) groups is 1. The van der Waals surface area contributed by atoms with Gasteiger partial charge in [0.15, 0.2) is 5.69 Å². The quantitative estimate of drug-likeness (QED) is 0.854. The Kier molecular flexibility index (Phi) is 4.82. The molecule has 3 N–H and O–H groups in total. The fraction of sp³-hybridized carbons (Fsp3) is 0.615. The molecule has 0 radical (unpaired) electrons. The Balaban J connectivity index is 1.97. The molecule has 1 saturated heterocycles. The fourth-order valence-corrected chi connectivity index (χ4v) is 2.96. The molecule has 0 spiro atoms. The number of nitrogens with one attached hydrogen (secondary N) is 1. The Hall–Kier alpha value is -1.34. The molecule has 1 aliphatic heterocycles. The molecule has 2 unspecified atom stereocenters. The summed E-state index contributed by atoms with van der Waals surface area (Å²) < 4.78 is 5.25. The van der Waals surface area contributed by atoms with Crippen LogP contribution in [0.5, 0.6) is 0 Å². The van der Waals surface area contributed by atoms with E-state index in [2.05, 4.69) is 24.1 Å². The van der Waals surface area contributed by atoms with Crippen molar-refractivity contribution in [1.82, 2.24) is 10.3 Å². The van der Waals surface area contributed by atoms with Gasteiger partial charge in [-0.2, -0.15) is 0 Å². The summed E-state index contributed by atoms with van der Waals surface area (Å²) in [6, 6.07) is -0.739. The number of nitrogens with zero attached hydrogens (tertiary/aromatic N) is 1. The smallest absolute Gasteiger partial charge is 0.273 e. The summed E-state index contributed by atoms with van der Waals surface area (Å²) in [5.74, 6) is 1.13. The van der Waals surface area contributed by atoms with Crippen molar-refractivity contribution in [2.24, 2.45) is 11.7 Å². The lowest BCUT2D eigenvalue weighted by Crippen LogP contribution is -2.37. The zero-order valence-corrected chi connectivity index (χ0v) is 12.4. The van der Waals surface area contributed by atoms with Crippen LogP contribution in [0.1, 0.15) is 49.1 Å². The van der Waals surface area contributed by atoms with Crippen LogP contribution in [0.2, 0.25) is 0 Å². The first-order valence-electron chi connectivity index (χ1n) is 6.66. The van der Waals surface area contributed by atoms with E-state index in [9.17, 15) is 9.59 Å². The number of aromatic nitrogens is 1. The normalized spacial score (nSPS) is 20.4. The third-order valence-electron chi connectivity index (χ3n) is 3.04. The maximum absolute atomic E-state index is 12.0. The molecule has 1 fully saturated rings. The highest BCUT2D eigenvalue weighted by Crippen LogP contribution is 2.21. The maximum atomic E-state index is 12.0. The molecule has 1 aliphatic rings. The van der Waals surface area contributed by atoms with Crippen molar-refractivity contribution in [3.05, 3.63) is 17.8 Å². The zero-order valence-electron chi connectivity index (χ0n) is 11.6. The van der Waals surface area contributed by atoms with E-state index in [1.54, 1.807) is 0 Å². The van der Waals surface area contributed by atoms with Crippen LogP contribution in [-0.4, -0.2) is 27.8 Å². The fourth-order valence-electron chi connectivity index (χ4n) is 2.03. The van der Waals surface area contributed by atoms with Crippen LogP contribution < -0.4 is 11.1 Å². The minimum atomic E-state index is -0.419. The molecular weight excluding hydrogens is 278 g/mol. The van der Waals surface area contributed by atoms with Crippen molar-refractivity contribution < 1.29 is 14.0 Å². The SMILES string of the molecule is CC(C)CC(N)c1nc(C(=O)NC2CCSC2=O)co1. The Morgan fingerprint density at radius 1 is 1.65 bits per heavy atom. The lowest BCUT2D eigenvalue weighted by molar-refractivity contribution is -0.112. The van der Waals surface area contributed by atoms with Crippen LogP contribution in [-0.2, 0) is 4.79 Å². The molecule has 0 saturated carbocycles. The number of oxazole rings is 1. The summed E-state index contributed by atoms with van der Waals surface area (Å²) in [4.78, 5) is 27.5. The first-order chi connectivity index (χ1) is 9.47. The van der Waals surface area contributed by atoms with Gasteiger partial charge < -0.3 is 15.5 Å². The van der Waals surface area contributed by atoms with E-state index in [0.29, 0.717) is 18.2 Å². The Bertz CT molecular complexity index is 501. The van der Waals surface area contributed by atoms with Crippen molar-refractivity contribution in [1.29, 1.82) is 0 Å².